The van der Waals surface area contributed by atoms with Crippen molar-refractivity contribution in [3.63, 3.8) is 0 Å². The van der Waals surface area contributed by atoms with Gasteiger partial charge in [0.2, 0.25) is 5.91 Å². The molecule has 0 saturated carbocycles. The highest BCUT2D eigenvalue weighted by Crippen LogP contribution is 2.08. The molecule has 94 valence electrons. The predicted octanol–water partition coefficient (Wildman–Crippen LogP) is 1.94. The van der Waals surface area contributed by atoms with E-state index in [1.165, 1.54) is 0 Å². The SMILES string of the molecule is CCNC(=O)CCc1cnn(-c2ccccc2)c1. The maximum absolute atomic E-state index is 11.4. The molecule has 1 aromatic heterocycles. The second-order valence-electron chi connectivity index (χ2n) is 4.08. The van der Waals surface area contributed by atoms with E-state index in [1.54, 1.807) is 0 Å². The van der Waals surface area contributed by atoms with Gasteiger partial charge in [-0.25, -0.2) is 4.68 Å². The highest BCUT2D eigenvalue weighted by Gasteiger charge is 2.04. The number of benzene rings is 1. The molecule has 0 aliphatic rings. The quantitative estimate of drug-likeness (QED) is 0.872. The van der Waals surface area contributed by atoms with Crippen LogP contribution in [-0.2, 0) is 11.2 Å². The van der Waals surface area contributed by atoms with Crippen molar-refractivity contribution in [3.8, 4) is 5.69 Å². The number of nitrogens with one attached hydrogen (secondary N) is 1. The molecule has 0 unspecified atom stereocenters. The van der Waals surface area contributed by atoms with Gasteiger partial charge in [0.25, 0.3) is 0 Å². The highest BCUT2D eigenvalue weighted by atomic mass is 16.1. The Hall–Kier alpha value is -2.10. The van der Waals surface area contributed by atoms with Gasteiger partial charge >= 0.3 is 0 Å². The Labute approximate surface area is 107 Å². The Balaban J connectivity index is 1.97. The highest BCUT2D eigenvalue weighted by molar-refractivity contribution is 5.76. The molecular formula is C14H17N3O. The monoisotopic (exact) mass is 243 g/mol. The molecule has 1 aromatic carbocycles. The number of amides is 1. The maximum Gasteiger partial charge on any atom is 0.220 e. The van der Waals surface area contributed by atoms with E-state index < -0.39 is 0 Å². The van der Waals surface area contributed by atoms with Gasteiger partial charge < -0.3 is 5.32 Å². The molecule has 0 bridgehead atoms. The van der Waals surface area contributed by atoms with Gasteiger partial charge in [0.15, 0.2) is 0 Å². The van der Waals surface area contributed by atoms with Crippen molar-refractivity contribution >= 4 is 5.91 Å². The van der Waals surface area contributed by atoms with Crippen LogP contribution in [0.15, 0.2) is 42.7 Å². The van der Waals surface area contributed by atoms with E-state index in [0.717, 1.165) is 17.7 Å². The second kappa shape index (κ2) is 6.00. The zero-order valence-electron chi connectivity index (χ0n) is 10.5. The molecule has 18 heavy (non-hydrogen) atoms. The smallest absolute Gasteiger partial charge is 0.220 e. The lowest BCUT2D eigenvalue weighted by Gasteiger charge is -2.00. The third-order valence-electron chi connectivity index (χ3n) is 2.67. The Bertz CT molecular complexity index is 505. The van der Waals surface area contributed by atoms with Crippen LogP contribution in [0.2, 0.25) is 0 Å². The van der Waals surface area contributed by atoms with Crippen LogP contribution in [0, 0.1) is 0 Å². The van der Waals surface area contributed by atoms with Crippen molar-refractivity contribution in [2.24, 2.45) is 0 Å². The first-order valence-electron chi connectivity index (χ1n) is 6.15. The summed E-state index contributed by atoms with van der Waals surface area (Å²) in [6.45, 7) is 2.60. The zero-order chi connectivity index (χ0) is 12.8. The largest absolute Gasteiger partial charge is 0.356 e. The fraction of sp³-hybridized carbons (Fsp3) is 0.286. The van der Waals surface area contributed by atoms with Crippen molar-refractivity contribution in [1.29, 1.82) is 0 Å². The number of carbonyl (C=O) groups excluding carboxylic acids is 1. The third-order valence-corrected chi connectivity index (χ3v) is 2.67. The average Bonchev–Trinajstić information content (AvgIpc) is 2.87. The van der Waals surface area contributed by atoms with E-state index >= 15 is 0 Å². The lowest BCUT2D eigenvalue weighted by Crippen LogP contribution is -2.22. The maximum atomic E-state index is 11.4. The Morgan fingerprint density at radius 2 is 2.11 bits per heavy atom. The Morgan fingerprint density at radius 3 is 2.83 bits per heavy atom. The van der Waals surface area contributed by atoms with E-state index in [4.69, 9.17) is 0 Å². The van der Waals surface area contributed by atoms with E-state index in [1.807, 2.05) is 54.3 Å². The van der Waals surface area contributed by atoms with Gasteiger partial charge in [-0.3, -0.25) is 4.79 Å². The van der Waals surface area contributed by atoms with Gasteiger partial charge in [0.1, 0.15) is 0 Å². The van der Waals surface area contributed by atoms with Crippen molar-refractivity contribution in [2.45, 2.75) is 19.8 Å². The Morgan fingerprint density at radius 1 is 1.33 bits per heavy atom. The van der Waals surface area contributed by atoms with E-state index in [-0.39, 0.29) is 5.91 Å². The van der Waals surface area contributed by atoms with Gasteiger partial charge in [-0.15, -0.1) is 0 Å². The number of hydrogen-bond donors (Lipinski definition) is 1. The van der Waals surface area contributed by atoms with Crippen LogP contribution >= 0.6 is 0 Å². The molecule has 1 amide bonds. The molecular weight excluding hydrogens is 226 g/mol. The van der Waals surface area contributed by atoms with Crippen LogP contribution in [-0.4, -0.2) is 22.2 Å². The first-order chi connectivity index (χ1) is 8.79. The molecule has 0 aliphatic carbocycles. The summed E-state index contributed by atoms with van der Waals surface area (Å²) in [6.07, 6.45) is 5.01. The average molecular weight is 243 g/mol. The topological polar surface area (TPSA) is 46.9 Å². The summed E-state index contributed by atoms with van der Waals surface area (Å²) >= 11 is 0. The van der Waals surface area contributed by atoms with Crippen LogP contribution in [0.4, 0.5) is 0 Å². The summed E-state index contributed by atoms with van der Waals surface area (Å²) in [7, 11) is 0. The minimum absolute atomic E-state index is 0.0879. The summed E-state index contributed by atoms with van der Waals surface area (Å²) in [5.74, 6) is 0.0879. The molecule has 1 N–H and O–H groups in total. The fourth-order valence-corrected chi connectivity index (χ4v) is 1.75. The zero-order valence-corrected chi connectivity index (χ0v) is 10.5. The van der Waals surface area contributed by atoms with Crippen molar-refractivity contribution in [2.75, 3.05) is 6.54 Å². The lowest BCUT2D eigenvalue weighted by atomic mass is 10.2. The van der Waals surface area contributed by atoms with Crippen molar-refractivity contribution < 1.29 is 4.79 Å². The first-order valence-corrected chi connectivity index (χ1v) is 6.15. The number of para-hydroxylation sites is 1. The molecule has 4 heteroatoms. The minimum atomic E-state index is 0.0879. The summed E-state index contributed by atoms with van der Waals surface area (Å²) in [5, 5.41) is 7.08. The van der Waals surface area contributed by atoms with Gasteiger partial charge in [-0.05, 0) is 31.0 Å². The Kier molecular flexibility index (Phi) is 4.12. The van der Waals surface area contributed by atoms with Crippen molar-refractivity contribution in [3.05, 3.63) is 48.3 Å². The van der Waals surface area contributed by atoms with Crippen LogP contribution in [0.5, 0.6) is 0 Å². The number of hydrogen-bond acceptors (Lipinski definition) is 2. The van der Waals surface area contributed by atoms with E-state index in [0.29, 0.717) is 13.0 Å². The lowest BCUT2D eigenvalue weighted by molar-refractivity contribution is -0.120. The molecule has 1 heterocycles. The predicted molar refractivity (Wildman–Crippen MR) is 70.6 cm³/mol. The number of aryl methyl sites for hydroxylation is 1. The van der Waals surface area contributed by atoms with Gasteiger partial charge in [-0.1, -0.05) is 18.2 Å². The summed E-state index contributed by atoms with van der Waals surface area (Å²) in [4.78, 5) is 11.4. The van der Waals surface area contributed by atoms with Gasteiger partial charge in [0, 0.05) is 19.2 Å². The standard InChI is InChI=1S/C14H17N3O/c1-2-15-14(18)9-8-12-10-16-17(11-12)13-6-4-3-5-7-13/h3-7,10-11H,2,8-9H2,1H3,(H,15,18). The van der Waals surface area contributed by atoms with Crippen LogP contribution in [0.1, 0.15) is 18.9 Å². The molecule has 0 atom stereocenters. The molecule has 0 spiro atoms. The molecule has 0 aliphatic heterocycles. The number of aromatic nitrogens is 2. The van der Waals surface area contributed by atoms with Crippen LogP contribution in [0.3, 0.4) is 0 Å². The summed E-state index contributed by atoms with van der Waals surface area (Å²) in [5.41, 5.74) is 2.10. The third kappa shape index (κ3) is 3.20. The second-order valence-corrected chi connectivity index (χ2v) is 4.08. The molecule has 4 nitrogen and oxygen atoms in total. The molecule has 2 aromatic rings. The van der Waals surface area contributed by atoms with E-state index in [9.17, 15) is 4.79 Å². The molecule has 0 saturated heterocycles. The van der Waals surface area contributed by atoms with Crippen molar-refractivity contribution in [1.82, 2.24) is 15.1 Å². The van der Waals surface area contributed by atoms with Gasteiger partial charge in [0.05, 0.1) is 11.9 Å². The molecule has 0 radical (unpaired) electrons. The number of carbonyl (C=O) groups is 1. The number of nitrogens with zero attached hydrogens (tertiary/aromatic N) is 2. The molecule has 2 rings (SSSR count). The summed E-state index contributed by atoms with van der Waals surface area (Å²) in [6, 6.07) is 9.93. The summed E-state index contributed by atoms with van der Waals surface area (Å²) < 4.78 is 1.83. The van der Waals surface area contributed by atoms with Crippen LogP contribution < -0.4 is 5.32 Å². The normalized spacial score (nSPS) is 10.3. The van der Waals surface area contributed by atoms with Gasteiger partial charge in [-0.2, -0.15) is 5.10 Å². The van der Waals surface area contributed by atoms with Crippen LogP contribution in [0.25, 0.3) is 5.69 Å². The number of rotatable bonds is 5. The minimum Gasteiger partial charge on any atom is -0.356 e. The first kappa shape index (κ1) is 12.4. The van der Waals surface area contributed by atoms with E-state index in [2.05, 4.69) is 10.4 Å². The molecule has 0 fully saturated rings. The fourth-order valence-electron chi connectivity index (χ4n) is 1.75.